The number of carbonyl (C=O) groups is 3. The van der Waals surface area contributed by atoms with Crippen LogP contribution >= 0.6 is 0 Å². The van der Waals surface area contributed by atoms with E-state index >= 15 is 0 Å². The highest BCUT2D eigenvalue weighted by molar-refractivity contribution is 6.06. The van der Waals surface area contributed by atoms with E-state index in [-0.39, 0.29) is 30.4 Å². The van der Waals surface area contributed by atoms with Gasteiger partial charge in [-0.25, -0.2) is 4.79 Å². The molecule has 4 amide bonds. The molecule has 1 N–H and O–H groups in total. The summed E-state index contributed by atoms with van der Waals surface area (Å²) in [5, 5.41) is 2.71. The smallest absolute Gasteiger partial charge is 0.327 e. The van der Waals surface area contributed by atoms with Crippen molar-refractivity contribution in [1.82, 2.24) is 15.1 Å². The van der Waals surface area contributed by atoms with E-state index in [4.69, 9.17) is 0 Å². The van der Waals surface area contributed by atoms with Gasteiger partial charge in [-0.2, -0.15) is 0 Å². The molecule has 0 radical (unpaired) electrons. The van der Waals surface area contributed by atoms with Crippen molar-refractivity contribution in [3.05, 3.63) is 0 Å². The van der Waals surface area contributed by atoms with Gasteiger partial charge in [0.15, 0.2) is 0 Å². The van der Waals surface area contributed by atoms with Gasteiger partial charge in [0, 0.05) is 13.1 Å². The van der Waals surface area contributed by atoms with Gasteiger partial charge in [-0.1, -0.05) is 13.8 Å². The number of nitrogens with one attached hydrogen (secondary N) is 1. The Morgan fingerprint density at radius 3 is 2.78 bits per heavy atom. The van der Waals surface area contributed by atoms with E-state index in [2.05, 4.69) is 5.32 Å². The fourth-order valence-corrected chi connectivity index (χ4v) is 2.34. The van der Waals surface area contributed by atoms with Gasteiger partial charge in [0.2, 0.25) is 5.91 Å². The lowest BCUT2D eigenvalue weighted by Gasteiger charge is -2.15. The first kappa shape index (κ1) is 12.9. The molecular weight excluding hydrogens is 234 g/mol. The average Bonchev–Trinajstić information content (AvgIpc) is 2.87. The van der Waals surface area contributed by atoms with E-state index < -0.39 is 0 Å². The van der Waals surface area contributed by atoms with Gasteiger partial charge in [0.05, 0.1) is 0 Å². The van der Waals surface area contributed by atoms with Crippen LogP contribution in [0.4, 0.5) is 4.79 Å². The van der Waals surface area contributed by atoms with Gasteiger partial charge in [-0.05, 0) is 18.8 Å². The molecule has 1 atom stereocenters. The Labute approximate surface area is 106 Å². The van der Waals surface area contributed by atoms with Crippen LogP contribution in [0.15, 0.2) is 0 Å². The Bertz CT molecular complexity index is 359. The van der Waals surface area contributed by atoms with Gasteiger partial charge in [-0.15, -0.1) is 0 Å². The van der Waals surface area contributed by atoms with Crippen LogP contribution in [0.5, 0.6) is 0 Å². The summed E-state index contributed by atoms with van der Waals surface area (Å²) in [6.07, 6.45) is 1.59. The number of carbonyl (C=O) groups excluding carboxylic acids is 3. The molecule has 1 unspecified atom stereocenters. The summed E-state index contributed by atoms with van der Waals surface area (Å²) in [6.45, 7) is 5.00. The first-order valence-electron chi connectivity index (χ1n) is 6.39. The summed E-state index contributed by atoms with van der Waals surface area (Å²) in [5.74, 6) is -0.147. The fraction of sp³-hybridized carbons (Fsp3) is 0.750. The lowest BCUT2D eigenvalue weighted by Crippen LogP contribution is -2.42. The molecule has 2 aliphatic rings. The predicted molar refractivity (Wildman–Crippen MR) is 64.7 cm³/mol. The number of hydrogen-bond acceptors (Lipinski definition) is 3. The van der Waals surface area contributed by atoms with Crippen LogP contribution in [0.3, 0.4) is 0 Å². The van der Waals surface area contributed by atoms with Crippen LogP contribution in [-0.4, -0.2) is 53.3 Å². The molecule has 2 aliphatic heterocycles. The van der Waals surface area contributed by atoms with Gasteiger partial charge in [-0.3, -0.25) is 14.5 Å². The highest BCUT2D eigenvalue weighted by Crippen LogP contribution is 2.26. The number of nitrogens with zero attached hydrogens (tertiary/aromatic N) is 2. The minimum absolute atomic E-state index is 0.155. The second-order valence-corrected chi connectivity index (χ2v) is 5.26. The average molecular weight is 253 g/mol. The first-order valence-corrected chi connectivity index (χ1v) is 6.39. The molecule has 2 heterocycles. The molecule has 6 heteroatoms. The summed E-state index contributed by atoms with van der Waals surface area (Å²) >= 11 is 0. The van der Waals surface area contributed by atoms with E-state index in [1.807, 2.05) is 13.8 Å². The zero-order valence-corrected chi connectivity index (χ0v) is 10.8. The maximum atomic E-state index is 12.0. The van der Waals surface area contributed by atoms with Gasteiger partial charge < -0.3 is 10.2 Å². The molecular formula is C12H19N3O3. The van der Waals surface area contributed by atoms with Crippen molar-refractivity contribution in [3.63, 3.8) is 0 Å². The molecule has 2 fully saturated rings. The van der Waals surface area contributed by atoms with E-state index in [0.29, 0.717) is 25.4 Å². The van der Waals surface area contributed by atoms with Crippen molar-refractivity contribution in [1.29, 1.82) is 0 Å². The molecule has 100 valence electrons. The number of imide groups is 1. The molecule has 6 nitrogen and oxygen atoms in total. The van der Waals surface area contributed by atoms with Crippen LogP contribution in [-0.2, 0) is 9.59 Å². The van der Waals surface area contributed by atoms with Gasteiger partial charge in [0.1, 0.15) is 12.6 Å². The standard InChI is InChI=1S/C12H19N3O3/c1-8(2)6-13-10(16)7-15-11(17)9-4-3-5-14(9)12(15)18/h8-9H,3-7H2,1-2H3,(H,13,16). The summed E-state index contributed by atoms with van der Waals surface area (Å²) in [5.41, 5.74) is 0. The van der Waals surface area contributed by atoms with E-state index in [0.717, 1.165) is 11.3 Å². The fourth-order valence-electron chi connectivity index (χ4n) is 2.34. The Balaban J connectivity index is 1.92. The van der Waals surface area contributed by atoms with Crippen LogP contribution in [0.1, 0.15) is 26.7 Å². The summed E-state index contributed by atoms with van der Waals surface area (Å²) in [6, 6.07) is -0.641. The highest BCUT2D eigenvalue weighted by Gasteiger charge is 2.47. The Kier molecular flexibility index (Phi) is 3.54. The van der Waals surface area contributed by atoms with Crippen molar-refractivity contribution in [2.24, 2.45) is 5.92 Å². The van der Waals surface area contributed by atoms with Crippen molar-refractivity contribution in [3.8, 4) is 0 Å². The third kappa shape index (κ3) is 2.32. The second-order valence-electron chi connectivity index (χ2n) is 5.26. The van der Waals surface area contributed by atoms with Crippen LogP contribution < -0.4 is 5.32 Å². The number of urea groups is 1. The van der Waals surface area contributed by atoms with Crippen LogP contribution in [0.2, 0.25) is 0 Å². The summed E-state index contributed by atoms with van der Waals surface area (Å²) in [7, 11) is 0. The molecule has 0 saturated carbocycles. The topological polar surface area (TPSA) is 69.7 Å². The number of fused-ring (bicyclic) bond motifs is 1. The molecule has 2 saturated heterocycles. The van der Waals surface area contributed by atoms with E-state index in [1.165, 1.54) is 0 Å². The minimum atomic E-state index is -0.324. The Hall–Kier alpha value is -1.59. The van der Waals surface area contributed by atoms with E-state index in [9.17, 15) is 14.4 Å². The monoisotopic (exact) mass is 253 g/mol. The number of hydrogen-bond donors (Lipinski definition) is 1. The van der Waals surface area contributed by atoms with Crippen molar-refractivity contribution < 1.29 is 14.4 Å². The third-order valence-electron chi connectivity index (χ3n) is 3.29. The molecule has 0 aromatic carbocycles. The predicted octanol–water partition coefficient (Wildman–Crippen LogP) is 0.185. The largest absolute Gasteiger partial charge is 0.354 e. The molecule has 2 rings (SSSR count). The molecule has 18 heavy (non-hydrogen) atoms. The zero-order valence-electron chi connectivity index (χ0n) is 10.8. The molecule has 0 aliphatic carbocycles. The van der Waals surface area contributed by atoms with Crippen molar-refractivity contribution in [2.75, 3.05) is 19.6 Å². The van der Waals surface area contributed by atoms with Crippen molar-refractivity contribution in [2.45, 2.75) is 32.7 Å². The second kappa shape index (κ2) is 4.96. The van der Waals surface area contributed by atoms with Crippen molar-refractivity contribution >= 4 is 17.8 Å². The van der Waals surface area contributed by atoms with Crippen LogP contribution in [0, 0.1) is 5.92 Å². The number of rotatable bonds is 4. The minimum Gasteiger partial charge on any atom is -0.354 e. The van der Waals surface area contributed by atoms with Crippen LogP contribution in [0.25, 0.3) is 0 Å². The maximum absolute atomic E-state index is 12.0. The molecule has 0 aromatic heterocycles. The Morgan fingerprint density at radius 1 is 1.44 bits per heavy atom. The lowest BCUT2D eigenvalue weighted by molar-refractivity contribution is -0.132. The SMILES string of the molecule is CC(C)CNC(=O)CN1C(=O)C2CCCN2C1=O. The molecule has 0 aromatic rings. The number of amides is 4. The van der Waals surface area contributed by atoms with Gasteiger partial charge >= 0.3 is 6.03 Å². The molecule has 0 bridgehead atoms. The summed E-state index contributed by atoms with van der Waals surface area (Å²) < 4.78 is 0. The summed E-state index contributed by atoms with van der Waals surface area (Å²) in [4.78, 5) is 38.2. The quantitative estimate of drug-likeness (QED) is 0.727. The maximum Gasteiger partial charge on any atom is 0.327 e. The van der Waals surface area contributed by atoms with E-state index in [1.54, 1.807) is 4.90 Å². The third-order valence-corrected chi connectivity index (χ3v) is 3.29. The highest BCUT2D eigenvalue weighted by atomic mass is 16.2. The zero-order chi connectivity index (χ0) is 13.3. The Morgan fingerprint density at radius 2 is 2.17 bits per heavy atom. The molecule has 0 spiro atoms. The normalized spacial score (nSPS) is 22.9. The first-order chi connectivity index (χ1) is 8.50. The van der Waals surface area contributed by atoms with Gasteiger partial charge in [0.25, 0.3) is 5.91 Å². The lowest BCUT2D eigenvalue weighted by atomic mass is 10.2.